The van der Waals surface area contributed by atoms with Gasteiger partial charge in [-0.1, -0.05) is 6.42 Å². The van der Waals surface area contributed by atoms with Crippen molar-refractivity contribution < 1.29 is 14.2 Å². The quantitative estimate of drug-likeness (QED) is 0.612. The normalized spacial score (nSPS) is 20.4. The van der Waals surface area contributed by atoms with E-state index in [2.05, 4.69) is 22.1 Å². The Morgan fingerprint density at radius 2 is 2.12 bits per heavy atom. The third kappa shape index (κ3) is 4.63. The molecule has 2 aliphatic rings. The summed E-state index contributed by atoms with van der Waals surface area (Å²) >= 11 is 0. The highest BCUT2D eigenvalue weighted by Crippen LogP contribution is 2.47. The monoisotopic (exact) mass is 349 g/mol. The van der Waals surface area contributed by atoms with Gasteiger partial charge in [-0.2, -0.15) is 0 Å². The molecule has 2 N–H and O–H groups in total. The summed E-state index contributed by atoms with van der Waals surface area (Å²) in [4.78, 5) is 6.90. The maximum absolute atomic E-state index is 12.9. The van der Waals surface area contributed by atoms with Crippen LogP contribution in [-0.4, -0.2) is 54.9 Å². The molecule has 1 aliphatic heterocycles. The van der Waals surface area contributed by atoms with E-state index in [1.54, 1.807) is 12.1 Å². The molecule has 1 aliphatic carbocycles. The molecule has 0 aromatic heterocycles. The molecule has 2 fully saturated rings. The average Bonchev–Trinajstić information content (AvgIpc) is 3.04. The van der Waals surface area contributed by atoms with Gasteiger partial charge in [-0.3, -0.25) is 4.99 Å². The minimum atomic E-state index is -0.695. The fourth-order valence-electron chi connectivity index (χ4n) is 3.59. The third-order valence-corrected chi connectivity index (χ3v) is 5.19. The zero-order chi connectivity index (χ0) is 17.7. The second-order valence-electron chi connectivity index (χ2n) is 7.14. The summed E-state index contributed by atoms with van der Waals surface area (Å²) in [7, 11) is 0. The summed E-state index contributed by atoms with van der Waals surface area (Å²) in [5.74, 6) is 1.12. The standard InChI is InChI=1S/C19H28FN3O2/c1-2-21-18(23-11-10-19(14-23)8-3-9-19)22-12-16(24)13-25-17-6-4-15(20)5-7-17/h4-7,16,24H,2-3,8-14H2,1H3,(H,21,22). The first kappa shape index (κ1) is 18.0. The van der Waals surface area contributed by atoms with E-state index in [1.165, 1.54) is 37.8 Å². The first-order valence-corrected chi connectivity index (χ1v) is 9.20. The zero-order valence-electron chi connectivity index (χ0n) is 14.9. The summed E-state index contributed by atoms with van der Waals surface area (Å²) in [6, 6.07) is 5.79. The predicted molar refractivity (Wildman–Crippen MR) is 96.4 cm³/mol. The Balaban J connectivity index is 1.49. The second-order valence-corrected chi connectivity index (χ2v) is 7.14. The Morgan fingerprint density at radius 3 is 2.72 bits per heavy atom. The van der Waals surface area contributed by atoms with Crippen molar-refractivity contribution in [2.75, 3.05) is 32.8 Å². The number of rotatable bonds is 6. The lowest BCUT2D eigenvalue weighted by molar-refractivity contribution is 0.114. The molecule has 1 unspecified atom stereocenters. The number of aliphatic imine (C=N–C) groups is 1. The minimum Gasteiger partial charge on any atom is -0.491 e. The molecule has 1 aromatic rings. The number of aliphatic hydroxyl groups is 1. The van der Waals surface area contributed by atoms with E-state index in [-0.39, 0.29) is 19.0 Å². The molecule has 1 atom stereocenters. The number of ether oxygens (including phenoxy) is 1. The van der Waals surface area contributed by atoms with E-state index in [9.17, 15) is 9.50 Å². The number of benzene rings is 1. The molecule has 0 bridgehead atoms. The smallest absolute Gasteiger partial charge is 0.194 e. The third-order valence-electron chi connectivity index (χ3n) is 5.19. The lowest BCUT2D eigenvalue weighted by Gasteiger charge is -2.38. The van der Waals surface area contributed by atoms with Gasteiger partial charge in [0.1, 0.15) is 24.3 Å². The molecular formula is C19H28FN3O2. The van der Waals surface area contributed by atoms with Gasteiger partial charge in [-0.15, -0.1) is 0 Å². The number of guanidine groups is 1. The van der Waals surface area contributed by atoms with Crippen LogP contribution in [0.2, 0.25) is 0 Å². The van der Waals surface area contributed by atoms with Gasteiger partial charge in [0.15, 0.2) is 5.96 Å². The summed E-state index contributed by atoms with van der Waals surface area (Å²) in [6.45, 7) is 5.39. The summed E-state index contributed by atoms with van der Waals surface area (Å²) in [5.41, 5.74) is 0.514. The molecule has 0 radical (unpaired) electrons. The lowest BCUT2D eigenvalue weighted by Crippen LogP contribution is -2.43. The number of nitrogens with one attached hydrogen (secondary N) is 1. The van der Waals surface area contributed by atoms with Crippen LogP contribution in [0, 0.1) is 11.2 Å². The fourth-order valence-corrected chi connectivity index (χ4v) is 3.59. The Kier molecular flexibility index (Phi) is 5.78. The number of nitrogens with zero attached hydrogens (tertiary/aromatic N) is 2. The maximum Gasteiger partial charge on any atom is 0.194 e. The highest BCUT2D eigenvalue weighted by Gasteiger charge is 2.43. The average molecular weight is 349 g/mol. The van der Waals surface area contributed by atoms with Crippen molar-refractivity contribution in [3.05, 3.63) is 30.1 Å². The molecule has 3 rings (SSSR count). The number of likely N-dealkylation sites (tertiary alicyclic amines) is 1. The number of hydrogen-bond acceptors (Lipinski definition) is 3. The Hall–Kier alpha value is -1.82. The van der Waals surface area contributed by atoms with Crippen molar-refractivity contribution in [1.29, 1.82) is 0 Å². The summed E-state index contributed by atoms with van der Waals surface area (Å²) in [5, 5.41) is 13.5. The van der Waals surface area contributed by atoms with Crippen molar-refractivity contribution in [1.82, 2.24) is 10.2 Å². The minimum absolute atomic E-state index is 0.137. The van der Waals surface area contributed by atoms with E-state index in [0.29, 0.717) is 11.2 Å². The highest BCUT2D eigenvalue weighted by atomic mass is 19.1. The van der Waals surface area contributed by atoms with Crippen molar-refractivity contribution in [3.8, 4) is 5.75 Å². The van der Waals surface area contributed by atoms with Crippen molar-refractivity contribution in [2.45, 2.75) is 38.7 Å². The number of aliphatic hydroxyl groups excluding tert-OH is 1. The van der Waals surface area contributed by atoms with Gasteiger partial charge in [0.25, 0.3) is 0 Å². The molecule has 0 amide bonds. The molecule has 1 aromatic carbocycles. The maximum atomic E-state index is 12.9. The van der Waals surface area contributed by atoms with Crippen LogP contribution < -0.4 is 10.1 Å². The topological polar surface area (TPSA) is 57.1 Å². The van der Waals surface area contributed by atoms with Gasteiger partial charge < -0.3 is 20.1 Å². The molecule has 138 valence electrons. The van der Waals surface area contributed by atoms with E-state index in [1.807, 2.05) is 0 Å². The van der Waals surface area contributed by atoms with Crippen LogP contribution in [0.25, 0.3) is 0 Å². The molecule has 1 spiro atoms. The Bertz CT molecular complexity index is 587. The molecule has 1 saturated heterocycles. The second kappa shape index (κ2) is 8.04. The molecule has 1 saturated carbocycles. The Labute approximate surface area is 148 Å². The number of hydrogen-bond donors (Lipinski definition) is 2. The van der Waals surface area contributed by atoms with E-state index in [4.69, 9.17) is 4.74 Å². The summed E-state index contributed by atoms with van der Waals surface area (Å²) < 4.78 is 18.3. The SMILES string of the molecule is CCNC(=NCC(O)COc1ccc(F)cc1)N1CCC2(CCC2)C1. The van der Waals surface area contributed by atoms with Crippen LogP contribution in [0.3, 0.4) is 0 Å². The van der Waals surface area contributed by atoms with Crippen molar-refractivity contribution in [3.63, 3.8) is 0 Å². The molecule has 6 heteroatoms. The van der Waals surface area contributed by atoms with Gasteiger partial charge in [-0.25, -0.2) is 4.39 Å². The van der Waals surface area contributed by atoms with Crippen molar-refractivity contribution >= 4 is 5.96 Å². The highest BCUT2D eigenvalue weighted by molar-refractivity contribution is 5.80. The first-order valence-electron chi connectivity index (χ1n) is 9.20. The van der Waals surface area contributed by atoms with Crippen molar-refractivity contribution in [2.24, 2.45) is 10.4 Å². The zero-order valence-corrected chi connectivity index (χ0v) is 14.9. The van der Waals surface area contributed by atoms with Crippen LogP contribution in [0.4, 0.5) is 4.39 Å². The van der Waals surface area contributed by atoms with E-state index >= 15 is 0 Å². The van der Waals surface area contributed by atoms with Crippen LogP contribution in [0.1, 0.15) is 32.6 Å². The van der Waals surface area contributed by atoms with Crippen LogP contribution >= 0.6 is 0 Å². The molecular weight excluding hydrogens is 321 g/mol. The first-order chi connectivity index (χ1) is 12.1. The van der Waals surface area contributed by atoms with Gasteiger partial charge in [0, 0.05) is 19.6 Å². The fraction of sp³-hybridized carbons (Fsp3) is 0.632. The predicted octanol–water partition coefficient (Wildman–Crippen LogP) is 2.41. The van der Waals surface area contributed by atoms with Crippen LogP contribution in [0.5, 0.6) is 5.75 Å². The summed E-state index contributed by atoms with van der Waals surface area (Å²) in [6.07, 6.45) is 4.56. The van der Waals surface area contributed by atoms with Gasteiger partial charge in [-0.05, 0) is 55.9 Å². The lowest BCUT2D eigenvalue weighted by atomic mass is 9.68. The largest absolute Gasteiger partial charge is 0.491 e. The Morgan fingerprint density at radius 1 is 1.36 bits per heavy atom. The van der Waals surface area contributed by atoms with E-state index < -0.39 is 6.10 Å². The van der Waals surface area contributed by atoms with Gasteiger partial charge in [0.05, 0.1) is 6.54 Å². The molecule has 1 heterocycles. The van der Waals surface area contributed by atoms with Gasteiger partial charge in [0.2, 0.25) is 0 Å². The van der Waals surface area contributed by atoms with Crippen LogP contribution in [0.15, 0.2) is 29.3 Å². The number of halogens is 1. The molecule has 25 heavy (non-hydrogen) atoms. The van der Waals surface area contributed by atoms with Gasteiger partial charge >= 0.3 is 0 Å². The van der Waals surface area contributed by atoms with E-state index in [0.717, 1.165) is 25.6 Å². The molecule has 5 nitrogen and oxygen atoms in total. The van der Waals surface area contributed by atoms with Crippen LogP contribution in [-0.2, 0) is 0 Å².